The number of hydrogen-bond donors (Lipinski definition) is 1. The summed E-state index contributed by atoms with van der Waals surface area (Å²) >= 11 is 0. The van der Waals surface area contributed by atoms with Gasteiger partial charge in [0.15, 0.2) is 0 Å². The van der Waals surface area contributed by atoms with Crippen molar-refractivity contribution in [2.24, 2.45) is 0 Å². The van der Waals surface area contributed by atoms with Crippen molar-refractivity contribution >= 4 is 5.82 Å². The number of aromatic nitrogens is 2. The van der Waals surface area contributed by atoms with Crippen molar-refractivity contribution in [2.75, 3.05) is 38.5 Å². The van der Waals surface area contributed by atoms with Gasteiger partial charge in [-0.2, -0.15) is 0 Å². The van der Waals surface area contributed by atoms with Crippen LogP contribution in [-0.2, 0) is 6.54 Å². The molecule has 1 saturated heterocycles. The Balaban J connectivity index is 1.99. The van der Waals surface area contributed by atoms with Crippen LogP contribution in [0.3, 0.4) is 0 Å². The summed E-state index contributed by atoms with van der Waals surface area (Å²) in [7, 11) is 2.22. The van der Waals surface area contributed by atoms with Crippen LogP contribution in [0.5, 0.6) is 0 Å². The van der Waals surface area contributed by atoms with E-state index in [9.17, 15) is 0 Å². The summed E-state index contributed by atoms with van der Waals surface area (Å²) in [5.74, 6) is 0.860. The molecular weight excluding hydrogens is 250 g/mol. The molecule has 0 saturated carbocycles. The van der Waals surface area contributed by atoms with Crippen LogP contribution in [0, 0.1) is 0 Å². The van der Waals surface area contributed by atoms with Crippen LogP contribution < -0.4 is 5.32 Å². The van der Waals surface area contributed by atoms with E-state index in [1.165, 1.54) is 19.4 Å². The van der Waals surface area contributed by atoms with Crippen LogP contribution in [0.1, 0.15) is 32.4 Å². The second kappa shape index (κ2) is 7.55. The Kier molecular flexibility index (Phi) is 5.73. The topological polar surface area (TPSA) is 44.3 Å². The molecule has 1 N–H and O–H groups in total. The molecule has 112 valence electrons. The van der Waals surface area contributed by atoms with Crippen molar-refractivity contribution in [2.45, 2.75) is 39.3 Å². The fourth-order valence-electron chi connectivity index (χ4n) is 2.81. The first-order valence-electron chi connectivity index (χ1n) is 7.70. The minimum atomic E-state index is 0.623. The highest BCUT2D eigenvalue weighted by Crippen LogP contribution is 2.15. The van der Waals surface area contributed by atoms with E-state index in [4.69, 9.17) is 0 Å². The zero-order chi connectivity index (χ0) is 14.4. The van der Waals surface area contributed by atoms with Gasteiger partial charge >= 0.3 is 0 Å². The Labute approximate surface area is 122 Å². The quantitative estimate of drug-likeness (QED) is 0.889. The van der Waals surface area contributed by atoms with Crippen LogP contribution in [-0.4, -0.2) is 59.0 Å². The number of nitrogens with zero attached hydrogens (tertiary/aromatic N) is 4. The Bertz CT molecular complexity index is 392. The first-order valence-corrected chi connectivity index (χ1v) is 7.70. The van der Waals surface area contributed by atoms with E-state index in [1.54, 1.807) is 0 Å². The third kappa shape index (κ3) is 4.15. The summed E-state index contributed by atoms with van der Waals surface area (Å²) in [5.41, 5.74) is 1.06. The molecule has 0 amide bonds. The summed E-state index contributed by atoms with van der Waals surface area (Å²) in [6.07, 6.45) is 6.16. The van der Waals surface area contributed by atoms with Crippen molar-refractivity contribution in [3.05, 3.63) is 18.1 Å². The van der Waals surface area contributed by atoms with Gasteiger partial charge in [0.25, 0.3) is 0 Å². The second-order valence-corrected chi connectivity index (χ2v) is 5.57. The van der Waals surface area contributed by atoms with Gasteiger partial charge in [-0.25, -0.2) is 4.98 Å². The van der Waals surface area contributed by atoms with E-state index in [2.05, 4.69) is 46.0 Å². The molecular formula is C15H27N5. The van der Waals surface area contributed by atoms with Gasteiger partial charge in [0, 0.05) is 32.2 Å². The summed E-state index contributed by atoms with van der Waals surface area (Å²) < 4.78 is 0. The lowest BCUT2D eigenvalue weighted by molar-refractivity contribution is 0.174. The van der Waals surface area contributed by atoms with Crippen molar-refractivity contribution in [3.8, 4) is 0 Å². The van der Waals surface area contributed by atoms with E-state index < -0.39 is 0 Å². The number of nitrogens with one attached hydrogen (secondary N) is 1. The molecule has 0 spiro atoms. The molecule has 20 heavy (non-hydrogen) atoms. The molecule has 0 bridgehead atoms. The summed E-state index contributed by atoms with van der Waals surface area (Å²) in [4.78, 5) is 13.9. The molecule has 1 aromatic heterocycles. The smallest absolute Gasteiger partial charge is 0.144 e. The Morgan fingerprint density at radius 2 is 2.10 bits per heavy atom. The molecule has 2 rings (SSSR count). The zero-order valence-electron chi connectivity index (χ0n) is 13.0. The molecule has 1 aliphatic heterocycles. The zero-order valence-corrected chi connectivity index (χ0v) is 13.0. The van der Waals surface area contributed by atoms with E-state index in [0.29, 0.717) is 6.04 Å². The van der Waals surface area contributed by atoms with Crippen LogP contribution >= 0.6 is 0 Å². The molecule has 0 radical (unpaired) electrons. The van der Waals surface area contributed by atoms with Gasteiger partial charge in [-0.15, -0.1) is 0 Å². The lowest BCUT2D eigenvalue weighted by Crippen LogP contribution is -2.39. The predicted molar refractivity (Wildman–Crippen MR) is 82.8 cm³/mol. The lowest BCUT2D eigenvalue weighted by Gasteiger charge is -2.29. The van der Waals surface area contributed by atoms with Gasteiger partial charge < -0.3 is 10.2 Å². The van der Waals surface area contributed by atoms with Gasteiger partial charge in [-0.1, -0.05) is 6.92 Å². The summed E-state index contributed by atoms with van der Waals surface area (Å²) in [6.45, 7) is 9.62. The highest BCUT2D eigenvalue weighted by molar-refractivity contribution is 5.30. The predicted octanol–water partition coefficient (Wildman–Crippen LogP) is 1.82. The van der Waals surface area contributed by atoms with Crippen molar-refractivity contribution < 1.29 is 0 Å². The SMILES string of the molecule is CCNc1cnc(CN2CCCN(C)CC2CC)cn1. The van der Waals surface area contributed by atoms with Crippen LogP contribution in [0.25, 0.3) is 0 Å². The van der Waals surface area contributed by atoms with Crippen molar-refractivity contribution in [3.63, 3.8) is 0 Å². The third-order valence-electron chi connectivity index (χ3n) is 3.92. The molecule has 0 aliphatic carbocycles. The molecule has 5 nitrogen and oxygen atoms in total. The standard InChI is InChI=1S/C15H27N5/c1-4-14-12-19(3)7-6-8-20(14)11-13-9-18-15(10-17-13)16-5-2/h9-10,14H,4-8,11-12H2,1-3H3,(H,16,18). The maximum atomic E-state index is 4.53. The molecule has 0 aromatic carbocycles. The molecule has 2 heterocycles. The Morgan fingerprint density at radius 3 is 2.75 bits per heavy atom. The van der Waals surface area contributed by atoms with Gasteiger partial charge in [0.2, 0.25) is 0 Å². The average Bonchev–Trinajstić information content (AvgIpc) is 2.63. The Morgan fingerprint density at radius 1 is 1.25 bits per heavy atom. The maximum absolute atomic E-state index is 4.53. The molecule has 1 aliphatic rings. The number of likely N-dealkylation sites (N-methyl/N-ethyl adjacent to an activating group) is 1. The molecule has 1 aromatic rings. The van der Waals surface area contributed by atoms with E-state index >= 15 is 0 Å². The summed E-state index contributed by atoms with van der Waals surface area (Å²) in [5, 5.41) is 3.18. The highest BCUT2D eigenvalue weighted by Gasteiger charge is 2.22. The van der Waals surface area contributed by atoms with E-state index in [-0.39, 0.29) is 0 Å². The fraction of sp³-hybridized carbons (Fsp3) is 0.733. The third-order valence-corrected chi connectivity index (χ3v) is 3.92. The molecule has 1 unspecified atom stereocenters. The monoisotopic (exact) mass is 277 g/mol. The first kappa shape index (κ1) is 15.2. The normalized spacial score (nSPS) is 21.6. The Hall–Kier alpha value is -1.20. The maximum Gasteiger partial charge on any atom is 0.144 e. The minimum Gasteiger partial charge on any atom is -0.369 e. The molecule has 1 atom stereocenters. The summed E-state index contributed by atoms with van der Waals surface area (Å²) in [6, 6.07) is 0.623. The number of hydrogen-bond acceptors (Lipinski definition) is 5. The second-order valence-electron chi connectivity index (χ2n) is 5.57. The minimum absolute atomic E-state index is 0.623. The van der Waals surface area contributed by atoms with Crippen LogP contribution in [0.2, 0.25) is 0 Å². The fourth-order valence-corrected chi connectivity index (χ4v) is 2.81. The van der Waals surface area contributed by atoms with Gasteiger partial charge in [0.05, 0.1) is 18.1 Å². The van der Waals surface area contributed by atoms with Gasteiger partial charge in [0.1, 0.15) is 5.82 Å². The molecule has 5 heteroatoms. The largest absolute Gasteiger partial charge is 0.369 e. The lowest BCUT2D eigenvalue weighted by atomic mass is 10.2. The van der Waals surface area contributed by atoms with Crippen molar-refractivity contribution in [1.82, 2.24) is 19.8 Å². The average molecular weight is 277 g/mol. The van der Waals surface area contributed by atoms with Crippen molar-refractivity contribution in [1.29, 1.82) is 0 Å². The highest BCUT2D eigenvalue weighted by atomic mass is 15.2. The first-order chi connectivity index (χ1) is 9.72. The number of anilines is 1. The van der Waals surface area contributed by atoms with Crippen LogP contribution in [0.15, 0.2) is 12.4 Å². The van der Waals surface area contributed by atoms with Gasteiger partial charge in [-0.3, -0.25) is 9.88 Å². The van der Waals surface area contributed by atoms with Crippen LogP contribution in [0.4, 0.5) is 5.82 Å². The van der Waals surface area contributed by atoms with Gasteiger partial charge in [-0.05, 0) is 33.4 Å². The van der Waals surface area contributed by atoms with E-state index in [1.807, 2.05) is 12.4 Å². The number of rotatable bonds is 5. The molecule has 1 fully saturated rings. The van der Waals surface area contributed by atoms with E-state index in [0.717, 1.165) is 37.7 Å².